The monoisotopic (exact) mass is 502 g/mol. The molecule has 148 valence electrons. The number of carbonyl (C=O) groups is 1. The average Bonchev–Trinajstić information content (AvgIpc) is 2.74. The van der Waals surface area contributed by atoms with Crippen molar-refractivity contribution in [1.29, 1.82) is 0 Å². The number of benzene rings is 3. The second-order valence-corrected chi connectivity index (χ2v) is 7.75. The lowest BCUT2D eigenvalue weighted by atomic mass is 10.0. The molecule has 1 amide bonds. The van der Waals surface area contributed by atoms with Crippen LogP contribution in [0.5, 0.6) is 17.2 Å². The van der Waals surface area contributed by atoms with Crippen LogP contribution in [0.2, 0.25) is 0 Å². The highest BCUT2D eigenvalue weighted by Crippen LogP contribution is 2.42. The molecule has 0 saturated carbocycles. The van der Waals surface area contributed by atoms with Gasteiger partial charge in [0.1, 0.15) is 11.9 Å². The Hall–Kier alpha value is -2.94. The van der Waals surface area contributed by atoms with Gasteiger partial charge in [-0.1, -0.05) is 12.1 Å². The normalized spacial score (nSPS) is 15.5. The van der Waals surface area contributed by atoms with Crippen molar-refractivity contribution in [2.24, 2.45) is 0 Å². The maximum atomic E-state index is 13.5. The van der Waals surface area contributed by atoms with Crippen LogP contribution in [0.25, 0.3) is 0 Å². The molecule has 0 unspecified atom stereocenters. The summed E-state index contributed by atoms with van der Waals surface area (Å²) in [5.41, 5.74) is 2.51. The summed E-state index contributed by atoms with van der Waals surface area (Å²) in [5, 5.41) is 14.1. The van der Waals surface area contributed by atoms with Gasteiger partial charge in [0, 0.05) is 20.5 Å². The molecule has 0 aliphatic carbocycles. The summed E-state index contributed by atoms with van der Waals surface area (Å²) < 4.78 is 11.5. The van der Waals surface area contributed by atoms with E-state index in [0.717, 1.165) is 3.57 Å². The minimum Gasteiger partial charge on any atom is -0.504 e. The summed E-state index contributed by atoms with van der Waals surface area (Å²) in [7, 11) is 3.09. The fourth-order valence-corrected chi connectivity index (χ4v) is 3.92. The van der Waals surface area contributed by atoms with Crippen LogP contribution in [0.1, 0.15) is 22.1 Å². The molecular formula is C22H19IN2O4. The van der Waals surface area contributed by atoms with Gasteiger partial charge in [-0.25, -0.2) is 0 Å². The van der Waals surface area contributed by atoms with E-state index in [1.165, 1.54) is 7.11 Å². The molecule has 3 aromatic rings. The fourth-order valence-electron chi connectivity index (χ4n) is 3.43. The topological polar surface area (TPSA) is 71.0 Å². The largest absolute Gasteiger partial charge is 0.504 e. The second kappa shape index (κ2) is 7.82. The first-order chi connectivity index (χ1) is 14.0. The number of hydrogen-bond donors (Lipinski definition) is 2. The first-order valence-electron chi connectivity index (χ1n) is 8.93. The minimum atomic E-state index is -0.612. The summed E-state index contributed by atoms with van der Waals surface area (Å²) in [4.78, 5) is 15.1. The summed E-state index contributed by atoms with van der Waals surface area (Å²) >= 11 is 2.19. The van der Waals surface area contributed by atoms with E-state index in [2.05, 4.69) is 27.9 Å². The molecule has 0 fully saturated rings. The molecule has 0 radical (unpaired) electrons. The number of ether oxygens (including phenoxy) is 2. The van der Waals surface area contributed by atoms with Crippen LogP contribution in [0, 0.1) is 3.57 Å². The third-order valence-electron chi connectivity index (χ3n) is 4.88. The molecule has 7 heteroatoms. The van der Waals surface area contributed by atoms with Crippen molar-refractivity contribution in [1.82, 2.24) is 0 Å². The first-order valence-corrected chi connectivity index (χ1v) is 10.0. The van der Waals surface area contributed by atoms with Crippen LogP contribution in [0.15, 0.2) is 60.7 Å². The Labute approximate surface area is 182 Å². The lowest BCUT2D eigenvalue weighted by molar-refractivity contribution is 0.0974. The highest BCUT2D eigenvalue weighted by molar-refractivity contribution is 14.1. The Kier molecular flexibility index (Phi) is 5.23. The number of rotatable bonds is 4. The molecule has 6 nitrogen and oxygen atoms in total. The number of nitrogens with one attached hydrogen (secondary N) is 1. The zero-order chi connectivity index (χ0) is 20.5. The number of fused-ring (bicyclic) bond motifs is 1. The highest BCUT2D eigenvalue weighted by atomic mass is 127. The van der Waals surface area contributed by atoms with E-state index in [1.54, 1.807) is 42.3 Å². The number of anilines is 2. The van der Waals surface area contributed by atoms with Crippen LogP contribution in [-0.4, -0.2) is 25.2 Å². The lowest BCUT2D eigenvalue weighted by Gasteiger charge is -2.38. The number of phenolic OH excluding ortho intramolecular Hbond substituents is 1. The Morgan fingerprint density at radius 1 is 1.03 bits per heavy atom. The molecule has 0 aromatic heterocycles. The predicted molar refractivity (Wildman–Crippen MR) is 120 cm³/mol. The van der Waals surface area contributed by atoms with Crippen molar-refractivity contribution in [3.05, 3.63) is 75.4 Å². The maximum Gasteiger partial charge on any atom is 0.262 e. The van der Waals surface area contributed by atoms with E-state index in [0.29, 0.717) is 34.0 Å². The van der Waals surface area contributed by atoms with Crippen molar-refractivity contribution in [3.8, 4) is 17.2 Å². The van der Waals surface area contributed by atoms with Crippen LogP contribution >= 0.6 is 22.6 Å². The molecule has 1 aliphatic heterocycles. The number of carbonyl (C=O) groups excluding carboxylic acids is 1. The molecule has 1 atom stereocenters. The second-order valence-electron chi connectivity index (χ2n) is 6.51. The van der Waals surface area contributed by atoms with Gasteiger partial charge in [-0.15, -0.1) is 0 Å². The number of hydrogen-bond acceptors (Lipinski definition) is 5. The first kappa shape index (κ1) is 19.4. The van der Waals surface area contributed by atoms with Crippen molar-refractivity contribution in [2.75, 3.05) is 24.4 Å². The Morgan fingerprint density at radius 3 is 2.48 bits per heavy atom. The quantitative estimate of drug-likeness (QED) is 0.503. The van der Waals surface area contributed by atoms with E-state index in [1.807, 2.05) is 30.3 Å². The number of amides is 1. The Bertz CT molecular complexity index is 1070. The standard InChI is InChI=1S/C22H19IN2O4/c1-28-15-9-7-14(8-10-15)25-21(16-4-3-5-19(29-2)20(16)26)24-18-11-6-13(23)12-17(18)22(25)27/h3-12,21,24,26H,1-2H3/t21-/m0/s1. The molecule has 0 spiro atoms. The van der Waals surface area contributed by atoms with Gasteiger partial charge in [0.05, 0.1) is 19.8 Å². The smallest absolute Gasteiger partial charge is 0.262 e. The zero-order valence-corrected chi connectivity index (χ0v) is 18.0. The van der Waals surface area contributed by atoms with Crippen molar-refractivity contribution in [3.63, 3.8) is 0 Å². The molecule has 29 heavy (non-hydrogen) atoms. The summed E-state index contributed by atoms with van der Waals surface area (Å²) in [6.07, 6.45) is -0.612. The lowest BCUT2D eigenvalue weighted by Crippen LogP contribution is -2.43. The van der Waals surface area contributed by atoms with Gasteiger partial charge in [-0.2, -0.15) is 0 Å². The van der Waals surface area contributed by atoms with E-state index < -0.39 is 6.17 Å². The Morgan fingerprint density at radius 2 is 1.79 bits per heavy atom. The van der Waals surface area contributed by atoms with E-state index >= 15 is 0 Å². The number of halogens is 1. The van der Waals surface area contributed by atoms with Gasteiger partial charge in [-0.05, 0) is 71.1 Å². The van der Waals surface area contributed by atoms with Crippen molar-refractivity contribution >= 4 is 39.9 Å². The van der Waals surface area contributed by atoms with Gasteiger partial charge in [0.25, 0.3) is 5.91 Å². The molecular weight excluding hydrogens is 483 g/mol. The van der Waals surface area contributed by atoms with Crippen LogP contribution < -0.4 is 19.7 Å². The van der Waals surface area contributed by atoms with Crippen LogP contribution in [0.3, 0.4) is 0 Å². The van der Waals surface area contributed by atoms with Crippen molar-refractivity contribution < 1.29 is 19.4 Å². The molecule has 0 bridgehead atoms. The summed E-state index contributed by atoms with van der Waals surface area (Å²) in [5.74, 6) is 0.879. The SMILES string of the molecule is COc1ccc(N2C(=O)c3cc(I)ccc3N[C@@H]2c2cccc(OC)c2O)cc1. The summed E-state index contributed by atoms with van der Waals surface area (Å²) in [6, 6.07) is 18.2. The maximum absolute atomic E-state index is 13.5. The third kappa shape index (κ3) is 3.46. The number of para-hydroxylation sites is 1. The third-order valence-corrected chi connectivity index (χ3v) is 5.55. The van der Waals surface area contributed by atoms with Crippen LogP contribution in [-0.2, 0) is 0 Å². The average molecular weight is 502 g/mol. The van der Waals surface area contributed by atoms with Crippen molar-refractivity contribution in [2.45, 2.75) is 6.17 Å². The zero-order valence-electron chi connectivity index (χ0n) is 15.8. The number of nitrogens with zero attached hydrogens (tertiary/aromatic N) is 1. The molecule has 1 heterocycles. The predicted octanol–water partition coefficient (Wildman–Crippen LogP) is 4.79. The number of aromatic hydroxyl groups is 1. The van der Waals surface area contributed by atoms with Gasteiger partial charge < -0.3 is 19.9 Å². The van der Waals surface area contributed by atoms with Crippen LogP contribution in [0.4, 0.5) is 11.4 Å². The molecule has 2 N–H and O–H groups in total. The molecule has 3 aromatic carbocycles. The number of phenols is 1. The molecule has 1 aliphatic rings. The fraction of sp³-hybridized carbons (Fsp3) is 0.136. The summed E-state index contributed by atoms with van der Waals surface area (Å²) in [6.45, 7) is 0. The van der Waals surface area contributed by atoms with Gasteiger partial charge >= 0.3 is 0 Å². The van der Waals surface area contributed by atoms with E-state index in [4.69, 9.17) is 9.47 Å². The minimum absolute atomic E-state index is 0.00669. The highest BCUT2D eigenvalue weighted by Gasteiger charge is 2.36. The number of methoxy groups -OCH3 is 2. The van der Waals surface area contributed by atoms with Gasteiger partial charge in [0.15, 0.2) is 11.5 Å². The van der Waals surface area contributed by atoms with Gasteiger partial charge in [0.2, 0.25) is 0 Å². The van der Waals surface area contributed by atoms with E-state index in [-0.39, 0.29) is 11.7 Å². The van der Waals surface area contributed by atoms with E-state index in [9.17, 15) is 9.90 Å². The Balaban J connectivity index is 1.88. The van der Waals surface area contributed by atoms with Gasteiger partial charge in [-0.3, -0.25) is 9.69 Å². The molecule has 0 saturated heterocycles. The molecule has 4 rings (SSSR count).